The van der Waals surface area contributed by atoms with Crippen LogP contribution in [0.3, 0.4) is 0 Å². The molecular formula is C29H29FN4O3S. The topological polar surface area (TPSA) is 91.2 Å². The number of nitrogens with two attached hydrogens (primary N) is 1. The van der Waals surface area contributed by atoms with Crippen LogP contribution in [0.15, 0.2) is 42.5 Å². The van der Waals surface area contributed by atoms with Crippen molar-refractivity contribution in [3.8, 4) is 21.6 Å². The van der Waals surface area contributed by atoms with Crippen molar-refractivity contribution in [2.45, 2.75) is 44.9 Å². The van der Waals surface area contributed by atoms with Crippen LogP contribution in [0.5, 0.6) is 0 Å². The number of hydrogen-bond donors (Lipinski definition) is 2. The highest BCUT2D eigenvalue weighted by Crippen LogP contribution is 2.42. The van der Waals surface area contributed by atoms with Crippen molar-refractivity contribution in [2.75, 3.05) is 19.6 Å². The van der Waals surface area contributed by atoms with Gasteiger partial charge in [-0.1, -0.05) is 18.2 Å². The first-order chi connectivity index (χ1) is 18.0. The van der Waals surface area contributed by atoms with Gasteiger partial charge in [-0.2, -0.15) is 0 Å². The number of carbonyl (C=O) groups excluding carboxylic acids is 2. The minimum absolute atomic E-state index is 0.0528. The van der Waals surface area contributed by atoms with Crippen LogP contribution in [-0.2, 0) is 6.54 Å². The molecule has 5 rings (SSSR count). The van der Waals surface area contributed by atoms with Crippen LogP contribution >= 0.6 is 11.3 Å². The van der Waals surface area contributed by atoms with Gasteiger partial charge in [0.05, 0.1) is 17.1 Å². The molecule has 1 aromatic heterocycles. The summed E-state index contributed by atoms with van der Waals surface area (Å²) in [4.78, 5) is 34.2. The van der Waals surface area contributed by atoms with E-state index in [-0.39, 0.29) is 30.1 Å². The lowest BCUT2D eigenvalue weighted by molar-refractivity contribution is 0.0314. The van der Waals surface area contributed by atoms with Gasteiger partial charge in [-0.25, -0.2) is 9.24 Å². The lowest BCUT2D eigenvalue weighted by Crippen LogP contribution is -2.45. The van der Waals surface area contributed by atoms with E-state index in [4.69, 9.17) is 12.3 Å². The third-order valence-corrected chi connectivity index (χ3v) is 8.06. The van der Waals surface area contributed by atoms with Gasteiger partial charge in [-0.15, -0.1) is 11.3 Å². The molecule has 196 valence electrons. The van der Waals surface area contributed by atoms with Gasteiger partial charge >= 0.3 is 0 Å². The summed E-state index contributed by atoms with van der Waals surface area (Å²) < 4.78 is 14.6. The number of aliphatic hydroxyl groups is 1. The summed E-state index contributed by atoms with van der Waals surface area (Å²) in [5.41, 5.74) is 8.51. The fraction of sp³-hybridized carbons (Fsp3) is 0.345. The smallest absolute Gasteiger partial charge is 0.264 e. The molecule has 2 aliphatic heterocycles. The largest absolute Gasteiger partial charge is 0.389 e. The molecule has 1 fully saturated rings. The van der Waals surface area contributed by atoms with Crippen molar-refractivity contribution < 1.29 is 19.1 Å². The molecule has 0 aliphatic carbocycles. The summed E-state index contributed by atoms with van der Waals surface area (Å²) in [6.45, 7) is 12.2. The summed E-state index contributed by atoms with van der Waals surface area (Å²) in [5, 5.41) is 10.2. The molecule has 3 aromatic rings. The van der Waals surface area contributed by atoms with E-state index < -0.39 is 11.4 Å². The number of fused-ring (bicyclic) bond motifs is 1. The van der Waals surface area contributed by atoms with Crippen molar-refractivity contribution >= 4 is 28.8 Å². The van der Waals surface area contributed by atoms with E-state index in [2.05, 4.69) is 4.85 Å². The SMILES string of the molecule is [C-]#[N+]c1ccc(-c2cc(C(=O)N3CCC[C@@H](N)C3)sc2-c2ccc3c(c2)CN(CC(C)(C)O)C3=O)cc1F. The van der Waals surface area contributed by atoms with Crippen LogP contribution in [0.25, 0.3) is 26.4 Å². The minimum atomic E-state index is -1.02. The highest BCUT2D eigenvalue weighted by molar-refractivity contribution is 7.18. The van der Waals surface area contributed by atoms with E-state index in [0.29, 0.717) is 41.2 Å². The Balaban J connectivity index is 1.56. The van der Waals surface area contributed by atoms with E-state index in [0.717, 1.165) is 28.8 Å². The molecule has 7 nitrogen and oxygen atoms in total. The van der Waals surface area contributed by atoms with E-state index in [1.165, 1.54) is 23.5 Å². The van der Waals surface area contributed by atoms with Gasteiger partial charge in [0.2, 0.25) is 5.69 Å². The van der Waals surface area contributed by atoms with Crippen LogP contribution < -0.4 is 5.73 Å². The molecule has 0 bridgehead atoms. The van der Waals surface area contributed by atoms with Gasteiger partial charge in [0, 0.05) is 48.2 Å². The maximum absolute atomic E-state index is 14.6. The van der Waals surface area contributed by atoms with E-state index in [9.17, 15) is 19.1 Å². The number of carbonyl (C=O) groups is 2. The van der Waals surface area contributed by atoms with Gasteiger partial charge < -0.3 is 20.6 Å². The molecular weight excluding hydrogens is 503 g/mol. The van der Waals surface area contributed by atoms with E-state index in [1.54, 1.807) is 41.8 Å². The number of nitrogens with zero attached hydrogens (tertiary/aromatic N) is 3. The Kier molecular flexibility index (Phi) is 6.82. The van der Waals surface area contributed by atoms with Crippen molar-refractivity contribution in [2.24, 2.45) is 5.73 Å². The fourth-order valence-electron chi connectivity index (χ4n) is 5.16. The summed E-state index contributed by atoms with van der Waals surface area (Å²) in [6, 6.07) is 11.7. The van der Waals surface area contributed by atoms with Crippen molar-refractivity contribution in [1.82, 2.24) is 9.80 Å². The van der Waals surface area contributed by atoms with Gasteiger partial charge in [-0.3, -0.25) is 9.59 Å². The van der Waals surface area contributed by atoms with Crippen LogP contribution in [0.4, 0.5) is 10.1 Å². The van der Waals surface area contributed by atoms with Gasteiger partial charge in [0.25, 0.3) is 11.8 Å². The normalized spacial score (nSPS) is 17.5. The number of likely N-dealkylation sites (tertiary alicyclic amines) is 1. The second-order valence-electron chi connectivity index (χ2n) is 10.6. The first-order valence-corrected chi connectivity index (χ1v) is 13.4. The average Bonchev–Trinajstić information content (AvgIpc) is 3.44. The molecule has 2 aromatic carbocycles. The molecule has 1 saturated heterocycles. The Labute approximate surface area is 225 Å². The van der Waals surface area contributed by atoms with Crippen molar-refractivity contribution in [3.63, 3.8) is 0 Å². The Bertz CT molecular complexity index is 1470. The minimum Gasteiger partial charge on any atom is -0.389 e. The van der Waals surface area contributed by atoms with Crippen molar-refractivity contribution in [3.05, 3.63) is 75.7 Å². The summed E-state index contributed by atoms with van der Waals surface area (Å²) in [6.07, 6.45) is 1.73. The number of halogens is 1. The molecule has 9 heteroatoms. The molecule has 0 unspecified atom stereocenters. The molecule has 2 amide bonds. The van der Waals surface area contributed by atoms with Crippen LogP contribution in [0, 0.1) is 12.4 Å². The zero-order valence-electron chi connectivity index (χ0n) is 21.3. The monoisotopic (exact) mass is 532 g/mol. The Morgan fingerprint density at radius 1 is 1.21 bits per heavy atom. The Hall–Kier alpha value is -3.58. The lowest BCUT2D eigenvalue weighted by atomic mass is 9.99. The molecule has 0 radical (unpaired) electrons. The zero-order chi connectivity index (χ0) is 27.2. The second-order valence-corrected chi connectivity index (χ2v) is 11.7. The van der Waals surface area contributed by atoms with Crippen LogP contribution in [0.2, 0.25) is 0 Å². The highest BCUT2D eigenvalue weighted by atomic mass is 32.1. The average molecular weight is 533 g/mol. The third-order valence-electron chi connectivity index (χ3n) is 6.89. The molecule has 3 heterocycles. The maximum atomic E-state index is 14.6. The standard InChI is InChI=1S/C29H29FN4O3S/c1-29(2,37)16-34-14-19-11-18(6-8-21(19)27(34)35)26-22(17-7-9-24(32-3)23(30)12-17)13-25(38-26)28(36)33-10-4-5-20(31)15-33/h6-9,11-13,20,37H,4-5,10,14-16,31H2,1-2H3/t20-/m1/s1. The number of thiophene rings is 1. The summed E-state index contributed by atoms with van der Waals surface area (Å²) in [5.74, 6) is -0.857. The predicted octanol–water partition coefficient (Wildman–Crippen LogP) is 5.06. The maximum Gasteiger partial charge on any atom is 0.264 e. The van der Waals surface area contributed by atoms with E-state index >= 15 is 0 Å². The molecule has 2 aliphatic rings. The third kappa shape index (κ3) is 5.07. The van der Waals surface area contributed by atoms with Crippen molar-refractivity contribution in [1.29, 1.82) is 0 Å². The number of amides is 2. The molecule has 0 saturated carbocycles. The Morgan fingerprint density at radius 2 is 1.97 bits per heavy atom. The van der Waals surface area contributed by atoms with Crippen LogP contribution in [0.1, 0.15) is 52.3 Å². The number of rotatable bonds is 5. The lowest BCUT2D eigenvalue weighted by Gasteiger charge is -2.30. The second kappa shape index (κ2) is 9.95. The first kappa shape index (κ1) is 26.0. The highest BCUT2D eigenvalue weighted by Gasteiger charge is 2.32. The quantitative estimate of drug-likeness (QED) is 0.450. The summed E-state index contributed by atoms with van der Waals surface area (Å²) in [7, 11) is 0. The summed E-state index contributed by atoms with van der Waals surface area (Å²) >= 11 is 1.33. The molecule has 38 heavy (non-hydrogen) atoms. The van der Waals surface area contributed by atoms with E-state index in [1.807, 2.05) is 12.1 Å². The zero-order valence-corrected chi connectivity index (χ0v) is 22.1. The van der Waals surface area contributed by atoms with Gasteiger partial charge in [0.15, 0.2) is 0 Å². The van der Waals surface area contributed by atoms with Gasteiger partial charge in [0.1, 0.15) is 5.82 Å². The fourth-order valence-corrected chi connectivity index (χ4v) is 6.30. The van der Waals surface area contributed by atoms with Crippen LogP contribution in [-0.4, -0.2) is 58.0 Å². The number of β-amino-alcohol motifs (C(OH)–C–C–N with tert-alkyl or cyclic N) is 1. The number of hydrogen-bond acceptors (Lipinski definition) is 5. The Morgan fingerprint density at radius 3 is 2.66 bits per heavy atom. The number of benzene rings is 2. The first-order valence-electron chi connectivity index (χ1n) is 12.5. The molecule has 3 N–H and O–H groups in total. The number of piperidine rings is 1. The van der Waals surface area contributed by atoms with Gasteiger partial charge in [-0.05, 0) is 67.6 Å². The molecule has 0 spiro atoms. The predicted molar refractivity (Wildman–Crippen MR) is 146 cm³/mol. The molecule has 1 atom stereocenters.